The Morgan fingerprint density at radius 2 is 2.09 bits per heavy atom. The van der Waals surface area contributed by atoms with Crippen molar-refractivity contribution in [2.45, 2.75) is 24.8 Å². The summed E-state index contributed by atoms with van der Waals surface area (Å²) in [6.45, 7) is 5.74. The molecule has 0 unspecified atom stereocenters. The molecule has 7 heteroatoms. The fourth-order valence-electron chi connectivity index (χ4n) is 2.82. The van der Waals surface area contributed by atoms with Crippen molar-refractivity contribution in [1.82, 2.24) is 14.6 Å². The van der Waals surface area contributed by atoms with Crippen LogP contribution in [0.4, 0.5) is 0 Å². The lowest BCUT2D eigenvalue weighted by atomic mass is 10.1. The predicted molar refractivity (Wildman–Crippen MR) is 90.0 cm³/mol. The smallest absolute Gasteiger partial charge is 0.244 e. The van der Waals surface area contributed by atoms with Crippen molar-refractivity contribution in [3.63, 3.8) is 0 Å². The minimum absolute atomic E-state index is 0. The number of aromatic nitrogens is 1. The third-order valence-electron chi connectivity index (χ3n) is 3.96. The third-order valence-corrected chi connectivity index (χ3v) is 6.03. The van der Waals surface area contributed by atoms with Crippen LogP contribution in [0.25, 0.3) is 10.9 Å². The quantitative estimate of drug-likeness (QED) is 0.907. The van der Waals surface area contributed by atoms with Gasteiger partial charge in [0, 0.05) is 37.3 Å². The van der Waals surface area contributed by atoms with Crippen molar-refractivity contribution in [2.75, 3.05) is 19.6 Å². The van der Waals surface area contributed by atoms with E-state index in [4.69, 9.17) is 0 Å². The van der Waals surface area contributed by atoms with Crippen molar-refractivity contribution in [2.24, 2.45) is 0 Å². The Morgan fingerprint density at radius 3 is 2.82 bits per heavy atom. The zero-order chi connectivity index (χ0) is 15.0. The van der Waals surface area contributed by atoms with Crippen molar-refractivity contribution >= 4 is 33.3 Å². The standard InChI is InChI=1S/C15H19N3O2S.ClH/c1-11-5-6-14(13-4-3-7-17-15(11)13)21(19,20)18-9-8-16-10-12(18)2;/h3-7,12,16H,8-10H2,1-2H3;1H/t12-;/m1./s1. The van der Waals surface area contributed by atoms with E-state index in [1.165, 1.54) is 0 Å². The molecule has 120 valence electrons. The summed E-state index contributed by atoms with van der Waals surface area (Å²) in [5, 5.41) is 3.91. The van der Waals surface area contributed by atoms with Gasteiger partial charge in [0.15, 0.2) is 0 Å². The lowest BCUT2D eigenvalue weighted by Gasteiger charge is -2.33. The Bertz CT molecular complexity index is 779. The van der Waals surface area contributed by atoms with Crippen LogP contribution in [0.1, 0.15) is 12.5 Å². The second kappa shape index (κ2) is 6.50. The molecular weight excluding hydrogens is 322 g/mol. The predicted octanol–water partition coefficient (Wildman–Crippen LogP) is 1.95. The lowest BCUT2D eigenvalue weighted by Crippen LogP contribution is -2.52. The lowest BCUT2D eigenvalue weighted by molar-refractivity contribution is 0.284. The van der Waals surface area contributed by atoms with E-state index in [0.29, 0.717) is 29.9 Å². The van der Waals surface area contributed by atoms with E-state index in [9.17, 15) is 8.42 Å². The molecule has 0 bridgehead atoms. The maximum atomic E-state index is 13.0. The number of fused-ring (bicyclic) bond motifs is 1. The molecule has 1 aliphatic heterocycles. The number of rotatable bonds is 2. The molecule has 0 saturated carbocycles. The molecule has 5 nitrogen and oxygen atoms in total. The van der Waals surface area contributed by atoms with Crippen LogP contribution in [0.5, 0.6) is 0 Å². The molecule has 2 aromatic rings. The topological polar surface area (TPSA) is 62.3 Å². The molecule has 1 aliphatic rings. The van der Waals surface area contributed by atoms with E-state index in [-0.39, 0.29) is 18.4 Å². The first-order valence-corrected chi connectivity index (χ1v) is 8.53. The first-order chi connectivity index (χ1) is 10.0. The molecule has 1 aromatic heterocycles. The molecular formula is C15H20ClN3O2S. The van der Waals surface area contributed by atoms with Gasteiger partial charge in [0.05, 0.1) is 10.4 Å². The van der Waals surface area contributed by atoms with Crippen LogP contribution in [-0.2, 0) is 10.0 Å². The van der Waals surface area contributed by atoms with Gasteiger partial charge in [-0.05, 0) is 37.6 Å². The summed E-state index contributed by atoms with van der Waals surface area (Å²) in [4.78, 5) is 4.68. The monoisotopic (exact) mass is 341 g/mol. The zero-order valence-corrected chi connectivity index (χ0v) is 14.2. The van der Waals surface area contributed by atoms with Gasteiger partial charge in [0.1, 0.15) is 0 Å². The second-order valence-corrected chi connectivity index (χ2v) is 7.31. The Kier molecular flexibility index (Phi) is 5.07. The molecule has 1 atom stereocenters. The molecule has 3 rings (SSSR count). The van der Waals surface area contributed by atoms with Gasteiger partial charge in [-0.2, -0.15) is 4.31 Å². The Hall–Kier alpha value is -1.21. The average Bonchev–Trinajstić information content (AvgIpc) is 2.48. The highest BCUT2D eigenvalue weighted by Crippen LogP contribution is 2.28. The summed E-state index contributed by atoms with van der Waals surface area (Å²) in [7, 11) is -3.50. The highest BCUT2D eigenvalue weighted by atomic mass is 35.5. The van der Waals surface area contributed by atoms with Crippen LogP contribution in [0.15, 0.2) is 35.4 Å². The minimum Gasteiger partial charge on any atom is -0.314 e. The number of halogens is 1. The summed E-state index contributed by atoms with van der Waals surface area (Å²) < 4.78 is 27.6. The molecule has 0 aliphatic carbocycles. The van der Waals surface area contributed by atoms with E-state index in [1.54, 1.807) is 22.6 Å². The Labute approximate surface area is 137 Å². The highest BCUT2D eigenvalue weighted by Gasteiger charge is 2.32. The van der Waals surface area contributed by atoms with Gasteiger partial charge in [-0.1, -0.05) is 6.07 Å². The normalized spacial score (nSPS) is 19.8. The van der Waals surface area contributed by atoms with E-state index in [2.05, 4.69) is 10.3 Å². The number of hydrogen-bond acceptors (Lipinski definition) is 4. The van der Waals surface area contributed by atoms with E-state index >= 15 is 0 Å². The summed E-state index contributed by atoms with van der Waals surface area (Å²) in [6, 6.07) is 7.09. The molecule has 1 saturated heterocycles. The third kappa shape index (κ3) is 2.84. The first-order valence-electron chi connectivity index (χ1n) is 7.08. The molecule has 1 aromatic carbocycles. The number of piperazine rings is 1. The summed E-state index contributed by atoms with van der Waals surface area (Å²) >= 11 is 0. The molecule has 1 N–H and O–H groups in total. The molecule has 2 heterocycles. The number of aryl methyl sites for hydroxylation is 1. The van der Waals surface area contributed by atoms with Gasteiger partial charge in [-0.3, -0.25) is 4.98 Å². The number of hydrogen-bond donors (Lipinski definition) is 1. The van der Waals surface area contributed by atoms with E-state index in [1.807, 2.05) is 26.0 Å². The number of benzene rings is 1. The summed E-state index contributed by atoms with van der Waals surface area (Å²) in [5.41, 5.74) is 1.74. The van der Waals surface area contributed by atoms with Crippen LogP contribution >= 0.6 is 12.4 Å². The minimum atomic E-state index is -3.50. The van der Waals surface area contributed by atoms with Gasteiger partial charge in [-0.15, -0.1) is 12.4 Å². The number of nitrogens with one attached hydrogen (secondary N) is 1. The Morgan fingerprint density at radius 1 is 1.32 bits per heavy atom. The van der Waals surface area contributed by atoms with Gasteiger partial charge >= 0.3 is 0 Å². The summed E-state index contributed by atoms with van der Waals surface area (Å²) in [5.74, 6) is 0. The zero-order valence-electron chi connectivity index (χ0n) is 12.6. The van der Waals surface area contributed by atoms with Crippen molar-refractivity contribution in [1.29, 1.82) is 0 Å². The number of nitrogens with zero attached hydrogens (tertiary/aromatic N) is 2. The molecule has 0 amide bonds. The van der Waals surface area contributed by atoms with Crippen molar-refractivity contribution < 1.29 is 8.42 Å². The van der Waals surface area contributed by atoms with Gasteiger partial charge in [-0.25, -0.2) is 8.42 Å². The van der Waals surface area contributed by atoms with Crippen LogP contribution in [0.2, 0.25) is 0 Å². The fourth-order valence-corrected chi connectivity index (χ4v) is 4.63. The largest absolute Gasteiger partial charge is 0.314 e. The average molecular weight is 342 g/mol. The van der Waals surface area contributed by atoms with Crippen LogP contribution < -0.4 is 5.32 Å². The van der Waals surface area contributed by atoms with Gasteiger partial charge in [0.25, 0.3) is 0 Å². The van der Waals surface area contributed by atoms with Crippen LogP contribution in [0.3, 0.4) is 0 Å². The Balaban J connectivity index is 0.00000176. The van der Waals surface area contributed by atoms with E-state index < -0.39 is 10.0 Å². The van der Waals surface area contributed by atoms with Gasteiger partial charge in [0.2, 0.25) is 10.0 Å². The first kappa shape index (κ1) is 17.1. The second-order valence-electron chi connectivity index (χ2n) is 5.45. The van der Waals surface area contributed by atoms with Crippen LogP contribution in [0, 0.1) is 6.92 Å². The van der Waals surface area contributed by atoms with Crippen LogP contribution in [-0.4, -0.2) is 43.4 Å². The highest BCUT2D eigenvalue weighted by molar-refractivity contribution is 7.89. The summed E-state index contributed by atoms with van der Waals surface area (Å²) in [6.07, 6.45) is 1.69. The molecule has 0 radical (unpaired) electrons. The molecule has 1 fully saturated rings. The maximum absolute atomic E-state index is 13.0. The van der Waals surface area contributed by atoms with E-state index in [0.717, 1.165) is 11.1 Å². The number of sulfonamides is 1. The fraction of sp³-hybridized carbons (Fsp3) is 0.400. The molecule has 22 heavy (non-hydrogen) atoms. The molecule has 0 spiro atoms. The maximum Gasteiger partial charge on any atom is 0.244 e. The number of pyridine rings is 1. The SMILES string of the molecule is Cc1ccc(S(=O)(=O)N2CCNC[C@H]2C)c2cccnc12.Cl. The van der Waals surface area contributed by atoms with Crippen molar-refractivity contribution in [3.8, 4) is 0 Å². The van der Waals surface area contributed by atoms with Crippen molar-refractivity contribution in [3.05, 3.63) is 36.0 Å². The van der Waals surface area contributed by atoms with Gasteiger partial charge < -0.3 is 5.32 Å².